The molecule has 738 valence electrons. The van der Waals surface area contributed by atoms with Crippen LogP contribution >= 0.6 is 18.2 Å². The smallest absolute Gasteiger partial charge is 0.389 e. The predicted molar refractivity (Wildman–Crippen MR) is 525 cm³/mol. The molecule has 7 rings (SSSR count). The lowest BCUT2D eigenvalue weighted by Crippen LogP contribution is -2.31. The van der Waals surface area contributed by atoms with Crippen molar-refractivity contribution in [3.05, 3.63) is 100 Å². The lowest BCUT2D eigenvalue weighted by molar-refractivity contribution is -0.153. The third kappa shape index (κ3) is 44.8. The number of nitrogens with one attached hydrogen (secondary N) is 2. The quantitative estimate of drug-likeness (QED) is 0.0158. The van der Waals surface area contributed by atoms with E-state index in [0.717, 1.165) is 73.7 Å². The Balaban J connectivity index is 0.930. The van der Waals surface area contributed by atoms with Gasteiger partial charge in [-0.05, 0) is 74.3 Å². The fourth-order valence-corrected chi connectivity index (χ4v) is 20.2. The second-order valence-corrected chi connectivity index (χ2v) is 40.2. The first kappa shape index (κ1) is 111. The summed E-state index contributed by atoms with van der Waals surface area (Å²) in [6.07, 6.45) is 59.1. The fourth-order valence-electron chi connectivity index (χ4n) is 16.9. The van der Waals surface area contributed by atoms with Crippen molar-refractivity contribution in [2.45, 2.75) is 425 Å². The lowest BCUT2D eigenvalue weighted by Gasteiger charge is -2.25. The van der Waals surface area contributed by atoms with Crippen LogP contribution in [0.5, 0.6) is 17.2 Å². The number of unbranched alkanes of at least 4 members (excludes halogenated alkanes) is 45. The number of hydrogen-bond donors (Lipinski definition) is 2. The van der Waals surface area contributed by atoms with Gasteiger partial charge in [0.2, 0.25) is 18.2 Å². The summed E-state index contributed by atoms with van der Waals surface area (Å²) in [6, 6.07) is 13.6. The van der Waals surface area contributed by atoms with E-state index in [4.69, 9.17) is 48.8 Å². The molecule has 27 nitrogen and oxygen atoms in total. The highest BCUT2D eigenvalue weighted by atomic mass is 32.7. The Labute approximate surface area is 793 Å². The van der Waals surface area contributed by atoms with Crippen molar-refractivity contribution in [1.82, 2.24) is 34.0 Å². The van der Waals surface area contributed by atoms with Crippen LogP contribution in [0.1, 0.15) is 421 Å². The highest BCUT2D eigenvalue weighted by Crippen LogP contribution is 2.63. The minimum atomic E-state index is -4.23. The minimum Gasteiger partial charge on any atom is -0.490 e. The Bertz CT molecular complexity index is 4150. The normalized spacial score (nSPS) is 16.4. The van der Waals surface area contributed by atoms with Crippen molar-refractivity contribution in [2.24, 2.45) is 0 Å². The molecule has 2 N–H and O–H groups in total. The SMILES string of the molecule is [C-]#[N+]CCSP(=O)(OC[C@H]1O[C@@H](n2ccc(NC(=O)CCC(=O)OCCN(C)C(=O)c3cc(OCCCCCCCCCCCCCCCCCC)c(OCCCCCCCCCCCCCCCCCC)c(OCCCCCCCCCCCCCCCCCC)c3)nc2=O)CC1OC(=O)CCC(C)=O)OC1C[C@H](n2cnc3c(NC(=O)c4ccccc4)ncnc32)O[C@@H]1CC. The van der Waals surface area contributed by atoms with Crippen LogP contribution in [0.4, 0.5) is 11.6 Å². The molecular formula is C103H163N10O17PS. The first-order valence-corrected chi connectivity index (χ1v) is 54.4. The molecule has 5 heterocycles. The molecule has 2 aliphatic heterocycles. The number of ketones is 1. The molecule has 0 saturated carbocycles. The molecule has 0 spiro atoms. The van der Waals surface area contributed by atoms with Crippen LogP contribution in [0, 0.1) is 6.57 Å². The molecule has 0 radical (unpaired) electrons. The van der Waals surface area contributed by atoms with Crippen molar-refractivity contribution in [1.29, 1.82) is 0 Å². The van der Waals surface area contributed by atoms with Crippen molar-refractivity contribution >= 4 is 76.4 Å². The zero-order valence-corrected chi connectivity index (χ0v) is 82.9. The predicted octanol–water partition coefficient (Wildman–Crippen LogP) is 25.7. The van der Waals surface area contributed by atoms with E-state index in [1.54, 1.807) is 54.1 Å². The van der Waals surface area contributed by atoms with Gasteiger partial charge in [-0.25, -0.2) is 30.9 Å². The van der Waals surface area contributed by atoms with Crippen molar-refractivity contribution in [2.75, 3.05) is 69.6 Å². The van der Waals surface area contributed by atoms with Gasteiger partial charge in [-0.15, -0.1) is 0 Å². The highest BCUT2D eigenvalue weighted by Gasteiger charge is 2.45. The summed E-state index contributed by atoms with van der Waals surface area (Å²) in [4.78, 5) is 116. The number of carbonyl (C=O) groups is 6. The molecule has 2 aromatic carbocycles. The standard InChI is InChI=1S/C103H163N10O17PS/c1-8-12-15-18-21-24-27-30-33-36-39-42-45-48-51-57-70-122-88-75-84(76-89(123-71-58-52-49-46-43-40-37-34-31-28-25-22-19-16-13-9-2)98(88)125-72-59-53-50-47-44-41-38-35-32-29-26-23-20-17-14-10-3)102(119)111(7)69-73-124-95(116)65-63-92(115)108-91-66-68-112(103(120)109-91)93-77-86(129-96(117)64-62-82(5)114)90(128-93)79-126-131(121,132-74-67-104-6)130-87-78-94(127-85(87)11-4)113-81-107-97-99(105-80-106-100(97)113)110-101(118)83-60-55-54-56-61-83/h54-56,60-61,66,68,75-76,80-81,85-87,90,93-94H,8-53,57-59,62-65,67,69-74,77-79H2,1-5,7H3,(H,105,106,110,118)(H,108,109,115,120)/t85-,86?,87?,90-,93-,94-,131?/m1/s1. The molecule has 3 amide bonds. The van der Waals surface area contributed by atoms with Gasteiger partial charge < -0.3 is 58.3 Å². The third-order valence-electron chi connectivity index (χ3n) is 24.8. The van der Waals surface area contributed by atoms with E-state index in [9.17, 15) is 33.6 Å². The summed E-state index contributed by atoms with van der Waals surface area (Å²) in [7, 11) is 1.65. The van der Waals surface area contributed by atoms with E-state index in [1.165, 1.54) is 287 Å². The number of likely N-dealkylation sites (N-methyl/N-ethyl adjacent to an activating group) is 1. The summed E-state index contributed by atoms with van der Waals surface area (Å²) in [5.41, 5.74) is 0.588. The number of nitrogens with zero attached hydrogens (tertiary/aromatic N) is 8. The molecule has 5 aromatic rings. The number of esters is 2. The van der Waals surface area contributed by atoms with E-state index in [1.807, 2.05) is 6.92 Å². The number of hydrogen-bond acceptors (Lipinski definition) is 22. The number of imidazole rings is 1. The Morgan fingerprint density at radius 1 is 0.538 bits per heavy atom. The topological polar surface area (TPSA) is 313 Å². The molecule has 2 saturated heterocycles. The molecule has 29 heteroatoms. The summed E-state index contributed by atoms with van der Waals surface area (Å²) in [5, 5.41) is 5.38. The minimum absolute atomic E-state index is 0.0197. The molecule has 132 heavy (non-hydrogen) atoms. The number of benzene rings is 2. The van der Waals surface area contributed by atoms with Crippen LogP contribution in [-0.4, -0.2) is 153 Å². The van der Waals surface area contributed by atoms with Crippen molar-refractivity contribution < 1.29 is 75.5 Å². The van der Waals surface area contributed by atoms with E-state index in [2.05, 4.69) is 56.2 Å². The van der Waals surface area contributed by atoms with Crippen LogP contribution in [0.3, 0.4) is 0 Å². The Morgan fingerprint density at radius 3 is 1.49 bits per heavy atom. The summed E-state index contributed by atoms with van der Waals surface area (Å²) in [5.74, 6) is -1.38. The second-order valence-electron chi connectivity index (χ2n) is 36.1. The number of amides is 3. The van der Waals surface area contributed by atoms with Gasteiger partial charge in [-0.3, -0.25) is 42.2 Å². The maximum absolute atomic E-state index is 15.0. The van der Waals surface area contributed by atoms with Gasteiger partial charge >= 0.3 is 24.4 Å². The van der Waals surface area contributed by atoms with Crippen molar-refractivity contribution in [3.63, 3.8) is 0 Å². The zero-order chi connectivity index (χ0) is 94.3. The van der Waals surface area contributed by atoms with Gasteiger partial charge in [-0.2, -0.15) is 4.98 Å². The monoisotopic (exact) mass is 1880 g/mol. The maximum atomic E-state index is 15.0. The number of anilines is 2. The lowest BCUT2D eigenvalue weighted by atomic mass is 10.0. The molecule has 3 unspecified atom stereocenters. The Hall–Kier alpha value is -7.80. The maximum Gasteiger partial charge on any atom is 0.389 e. The number of fused-ring (bicyclic) bond motifs is 1. The molecule has 3 aromatic heterocycles. The van der Waals surface area contributed by atoms with E-state index in [-0.39, 0.29) is 93.2 Å². The van der Waals surface area contributed by atoms with Crippen LogP contribution in [-0.2, 0) is 51.7 Å². The number of rotatable bonds is 79. The zero-order valence-electron chi connectivity index (χ0n) is 81.2. The van der Waals surface area contributed by atoms with Gasteiger partial charge in [0.05, 0.1) is 70.1 Å². The molecule has 2 fully saturated rings. The van der Waals surface area contributed by atoms with Crippen molar-refractivity contribution in [3.8, 4) is 17.2 Å². The fraction of sp³-hybridized carbons (Fsp3) is 0.728. The first-order chi connectivity index (χ1) is 64.5. The molecule has 0 bridgehead atoms. The van der Waals surface area contributed by atoms with Gasteiger partial charge in [0, 0.05) is 50.1 Å². The highest BCUT2D eigenvalue weighted by molar-refractivity contribution is 8.55. The Kier molecular flexibility index (Phi) is 57.5. The average Bonchev–Trinajstić information content (AvgIpc) is 1.62. The number of Topliss-reactive ketones (excluding diaryl/α,β-unsaturated/α-hetero) is 1. The van der Waals surface area contributed by atoms with Gasteiger partial charge in [0.25, 0.3) is 11.8 Å². The van der Waals surface area contributed by atoms with E-state index < -0.39 is 73.8 Å². The van der Waals surface area contributed by atoms with Gasteiger partial charge in [0.15, 0.2) is 28.5 Å². The van der Waals surface area contributed by atoms with Crippen LogP contribution in [0.2, 0.25) is 0 Å². The molecule has 2 aliphatic rings. The second kappa shape index (κ2) is 68.2. The van der Waals surface area contributed by atoms with E-state index >= 15 is 4.57 Å². The van der Waals surface area contributed by atoms with E-state index in [0.29, 0.717) is 65.8 Å². The number of carbonyl (C=O) groups excluding carboxylic acids is 6. The number of ether oxygens (including phenoxy) is 7. The van der Waals surface area contributed by atoms with Crippen LogP contribution in [0.25, 0.3) is 16.0 Å². The van der Waals surface area contributed by atoms with Crippen LogP contribution < -0.4 is 30.5 Å². The van der Waals surface area contributed by atoms with Gasteiger partial charge in [-0.1, -0.05) is 335 Å². The summed E-state index contributed by atoms with van der Waals surface area (Å²) in [6.45, 7) is 14.1. The number of aromatic nitrogens is 6. The molecule has 0 aliphatic carbocycles. The summed E-state index contributed by atoms with van der Waals surface area (Å²) >= 11 is 0.812. The van der Waals surface area contributed by atoms with Crippen LogP contribution in [0.15, 0.2) is 72.2 Å². The first-order valence-electron chi connectivity index (χ1n) is 51.3. The largest absolute Gasteiger partial charge is 0.490 e. The Morgan fingerprint density at radius 2 is 1.01 bits per heavy atom. The third-order valence-corrected chi connectivity index (χ3v) is 28.5. The van der Waals surface area contributed by atoms with Gasteiger partial charge in [0.1, 0.15) is 49.2 Å². The average molecular weight is 1880 g/mol. The molecule has 7 atom stereocenters. The molecular weight excluding hydrogens is 1710 g/mol. The summed E-state index contributed by atoms with van der Waals surface area (Å²) < 4.78 is 74.7.